The Labute approximate surface area is 77.8 Å². The van der Waals surface area contributed by atoms with Gasteiger partial charge in [-0.25, -0.2) is 0 Å². The molecular formula is C8H8B2O3. The second-order valence-electron chi connectivity index (χ2n) is 2.82. The number of phenolic OH excluding ortho intramolecular Hbond substituents is 3. The summed E-state index contributed by atoms with van der Waals surface area (Å²) in [5.41, 5.74) is 1.28. The molecule has 0 aliphatic heterocycles. The maximum absolute atomic E-state index is 9.33. The van der Waals surface area contributed by atoms with Gasteiger partial charge >= 0.3 is 0 Å². The smallest absolute Gasteiger partial charge is 0.200 e. The summed E-state index contributed by atoms with van der Waals surface area (Å²) in [6.07, 6.45) is 5.14. The summed E-state index contributed by atoms with van der Waals surface area (Å²) < 4.78 is 0. The minimum Gasteiger partial charge on any atom is -0.505 e. The van der Waals surface area contributed by atoms with Crippen LogP contribution in [0.25, 0.3) is 0 Å². The summed E-state index contributed by atoms with van der Waals surface area (Å²) in [5.74, 6) is 0.926. The van der Waals surface area contributed by atoms with Crippen LogP contribution in [0.15, 0.2) is 0 Å². The maximum atomic E-state index is 9.33. The van der Waals surface area contributed by atoms with Crippen LogP contribution in [-0.4, -0.2) is 31.0 Å². The van der Waals surface area contributed by atoms with E-state index in [-0.39, 0.29) is 11.3 Å². The van der Waals surface area contributed by atoms with E-state index in [2.05, 4.69) is 5.92 Å². The van der Waals surface area contributed by atoms with Crippen LogP contribution in [0.5, 0.6) is 17.2 Å². The highest BCUT2D eigenvalue weighted by atomic mass is 16.3. The molecule has 0 spiro atoms. The van der Waals surface area contributed by atoms with E-state index in [1.54, 1.807) is 15.7 Å². The molecule has 0 saturated carbocycles. The predicted molar refractivity (Wildman–Crippen MR) is 55.7 cm³/mol. The Hall–Kier alpha value is -1.69. The first-order valence-corrected chi connectivity index (χ1v) is 3.71. The van der Waals surface area contributed by atoms with Gasteiger partial charge in [-0.05, 0) is 5.46 Å². The lowest BCUT2D eigenvalue weighted by Gasteiger charge is -2.10. The second kappa shape index (κ2) is 2.98. The lowest BCUT2D eigenvalue weighted by molar-refractivity contribution is 0.370. The van der Waals surface area contributed by atoms with Crippen molar-refractivity contribution in [1.82, 2.24) is 0 Å². The fourth-order valence-corrected chi connectivity index (χ4v) is 1.13. The first-order valence-electron chi connectivity index (χ1n) is 3.71. The first kappa shape index (κ1) is 9.40. The molecule has 0 saturated heterocycles. The van der Waals surface area contributed by atoms with E-state index in [1.165, 1.54) is 0 Å². The number of aromatic hydroxyl groups is 3. The fraction of sp³-hybridized carbons (Fsp3) is 0. The summed E-state index contributed by atoms with van der Waals surface area (Å²) >= 11 is 0. The Morgan fingerprint density at radius 1 is 0.923 bits per heavy atom. The van der Waals surface area contributed by atoms with Crippen molar-refractivity contribution >= 4 is 26.6 Å². The molecule has 1 aromatic rings. The molecule has 0 heterocycles. The van der Waals surface area contributed by atoms with Gasteiger partial charge in [0.1, 0.15) is 15.7 Å². The van der Waals surface area contributed by atoms with Crippen molar-refractivity contribution in [3.63, 3.8) is 0 Å². The molecule has 0 aromatic heterocycles. The van der Waals surface area contributed by atoms with Gasteiger partial charge in [-0.15, -0.1) is 6.42 Å². The fourth-order valence-electron chi connectivity index (χ4n) is 1.13. The Bertz CT molecular complexity index is 378. The van der Waals surface area contributed by atoms with Crippen LogP contribution in [0.4, 0.5) is 0 Å². The SMILES string of the molecule is Bc1c(B)c(C#C)c(O)c(O)c1O. The van der Waals surface area contributed by atoms with E-state index in [0.717, 1.165) is 0 Å². The van der Waals surface area contributed by atoms with Gasteiger partial charge in [0.05, 0.1) is 5.56 Å². The monoisotopic (exact) mass is 174 g/mol. The van der Waals surface area contributed by atoms with Crippen LogP contribution < -0.4 is 10.9 Å². The number of benzene rings is 1. The number of terminal acetylenes is 1. The van der Waals surface area contributed by atoms with E-state index in [1.807, 2.05) is 0 Å². The molecule has 1 rings (SSSR count). The van der Waals surface area contributed by atoms with Crippen LogP contribution in [0.1, 0.15) is 5.56 Å². The quantitative estimate of drug-likeness (QED) is 0.228. The number of hydrogen-bond donors (Lipinski definition) is 3. The van der Waals surface area contributed by atoms with Crippen LogP contribution in [0.3, 0.4) is 0 Å². The molecule has 3 N–H and O–H groups in total. The van der Waals surface area contributed by atoms with Crippen molar-refractivity contribution < 1.29 is 15.3 Å². The van der Waals surface area contributed by atoms with Gasteiger partial charge < -0.3 is 15.3 Å². The zero-order chi connectivity index (χ0) is 10.2. The molecule has 0 unspecified atom stereocenters. The maximum Gasteiger partial charge on any atom is 0.200 e. The van der Waals surface area contributed by atoms with Crippen molar-refractivity contribution in [2.24, 2.45) is 0 Å². The number of hydrogen-bond acceptors (Lipinski definition) is 3. The highest BCUT2D eigenvalue weighted by molar-refractivity contribution is 6.51. The topological polar surface area (TPSA) is 60.7 Å². The van der Waals surface area contributed by atoms with Gasteiger partial charge in [0.25, 0.3) is 0 Å². The molecule has 0 atom stereocenters. The van der Waals surface area contributed by atoms with Crippen LogP contribution >= 0.6 is 0 Å². The molecule has 0 amide bonds. The van der Waals surface area contributed by atoms with Crippen LogP contribution in [0, 0.1) is 12.3 Å². The zero-order valence-electron chi connectivity index (χ0n) is 7.42. The third-order valence-corrected chi connectivity index (χ3v) is 2.12. The largest absolute Gasteiger partial charge is 0.505 e. The third-order valence-electron chi connectivity index (χ3n) is 2.12. The van der Waals surface area contributed by atoms with Crippen LogP contribution in [-0.2, 0) is 0 Å². The highest BCUT2D eigenvalue weighted by Gasteiger charge is 2.16. The standard InChI is InChI=1S/C8H8B2O3/c1-2-3-4(9)5(10)7(12)8(13)6(3)11/h1,11-13H,9-10H2. The van der Waals surface area contributed by atoms with Gasteiger partial charge in [-0.1, -0.05) is 11.4 Å². The minimum atomic E-state index is -0.559. The molecule has 0 aliphatic rings. The molecule has 13 heavy (non-hydrogen) atoms. The van der Waals surface area contributed by atoms with Gasteiger partial charge in [-0.2, -0.15) is 0 Å². The molecular weight excluding hydrogens is 166 g/mol. The summed E-state index contributed by atoms with van der Waals surface area (Å²) in [6.45, 7) is 0. The average Bonchev–Trinajstić information content (AvgIpc) is 2.13. The molecule has 3 nitrogen and oxygen atoms in total. The van der Waals surface area contributed by atoms with Gasteiger partial charge in [0, 0.05) is 0 Å². The molecule has 0 fully saturated rings. The van der Waals surface area contributed by atoms with Crippen molar-refractivity contribution in [3.05, 3.63) is 5.56 Å². The summed E-state index contributed by atoms with van der Waals surface area (Å²) in [5, 5.41) is 27.9. The zero-order valence-corrected chi connectivity index (χ0v) is 7.42. The van der Waals surface area contributed by atoms with E-state index >= 15 is 0 Å². The van der Waals surface area contributed by atoms with Crippen molar-refractivity contribution in [3.8, 4) is 29.6 Å². The third kappa shape index (κ3) is 1.20. The molecule has 64 valence electrons. The summed E-state index contributed by atoms with van der Waals surface area (Å²) in [7, 11) is 3.29. The van der Waals surface area contributed by atoms with Crippen molar-refractivity contribution in [2.75, 3.05) is 0 Å². The molecule has 0 bridgehead atoms. The van der Waals surface area contributed by atoms with E-state index in [9.17, 15) is 15.3 Å². The predicted octanol–water partition coefficient (Wildman–Crippen LogP) is -2.70. The normalized spacial score (nSPS) is 9.46. The lowest BCUT2D eigenvalue weighted by Crippen LogP contribution is -2.28. The van der Waals surface area contributed by atoms with Gasteiger partial charge in [-0.3, -0.25) is 0 Å². The first-order chi connectivity index (χ1) is 6.00. The number of rotatable bonds is 0. The Kier molecular flexibility index (Phi) is 2.16. The summed E-state index contributed by atoms with van der Waals surface area (Å²) in [6, 6.07) is 0. The summed E-state index contributed by atoms with van der Waals surface area (Å²) in [4.78, 5) is 0. The van der Waals surface area contributed by atoms with Gasteiger partial charge in [0.15, 0.2) is 11.5 Å². The molecule has 1 aromatic carbocycles. The number of phenols is 3. The Balaban J connectivity index is 3.69. The van der Waals surface area contributed by atoms with Crippen molar-refractivity contribution in [2.45, 2.75) is 0 Å². The Morgan fingerprint density at radius 3 is 1.92 bits per heavy atom. The van der Waals surface area contributed by atoms with E-state index in [4.69, 9.17) is 6.42 Å². The van der Waals surface area contributed by atoms with E-state index in [0.29, 0.717) is 10.9 Å². The molecule has 0 aliphatic carbocycles. The van der Waals surface area contributed by atoms with Crippen LogP contribution in [0.2, 0.25) is 0 Å². The van der Waals surface area contributed by atoms with E-state index < -0.39 is 11.5 Å². The molecule has 5 heteroatoms. The average molecular weight is 174 g/mol. The Morgan fingerprint density at radius 2 is 1.46 bits per heavy atom. The lowest BCUT2D eigenvalue weighted by atomic mass is 9.76. The minimum absolute atomic E-state index is 0.216. The van der Waals surface area contributed by atoms with Crippen molar-refractivity contribution in [1.29, 1.82) is 0 Å². The molecule has 0 radical (unpaired) electrons. The highest BCUT2D eigenvalue weighted by Crippen LogP contribution is 2.33. The second-order valence-corrected chi connectivity index (χ2v) is 2.82. The van der Waals surface area contributed by atoms with Gasteiger partial charge in [0.2, 0.25) is 5.75 Å².